The minimum Gasteiger partial charge on any atom is -0.447 e. The summed E-state index contributed by atoms with van der Waals surface area (Å²) in [7, 11) is 2.89. The van der Waals surface area contributed by atoms with Crippen LogP contribution < -0.4 is 10.6 Å². The number of carbonyl (C=O) groups is 3. The SMILES string of the molecule is CNC(=O)OCC(COC(=O)NC)OCCCC(=O)CC(C)C. The topological polar surface area (TPSA) is 103 Å². The van der Waals surface area contributed by atoms with E-state index in [-0.39, 0.29) is 19.0 Å². The summed E-state index contributed by atoms with van der Waals surface area (Å²) < 4.78 is 15.3. The van der Waals surface area contributed by atoms with Crippen molar-refractivity contribution in [3.8, 4) is 0 Å². The summed E-state index contributed by atoms with van der Waals surface area (Å²) in [5, 5.41) is 4.63. The molecule has 2 N–H and O–H groups in total. The highest BCUT2D eigenvalue weighted by Crippen LogP contribution is 2.06. The number of Topliss-reactive ketones (excluding diaryl/α,β-unsaturated/α-hetero) is 1. The van der Waals surface area contributed by atoms with Crippen molar-refractivity contribution in [2.45, 2.75) is 39.2 Å². The average Bonchev–Trinajstić information content (AvgIpc) is 2.51. The Labute approximate surface area is 137 Å². The van der Waals surface area contributed by atoms with Gasteiger partial charge in [-0.05, 0) is 12.3 Å². The molecular weight excluding hydrogens is 304 g/mol. The molecule has 0 bridgehead atoms. The van der Waals surface area contributed by atoms with Gasteiger partial charge in [-0.2, -0.15) is 0 Å². The van der Waals surface area contributed by atoms with Gasteiger partial charge in [-0.3, -0.25) is 4.79 Å². The van der Waals surface area contributed by atoms with Gasteiger partial charge in [0.2, 0.25) is 0 Å². The first-order valence-corrected chi connectivity index (χ1v) is 7.71. The van der Waals surface area contributed by atoms with Crippen LogP contribution >= 0.6 is 0 Å². The van der Waals surface area contributed by atoms with E-state index < -0.39 is 18.3 Å². The molecule has 0 aromatic carbocycles. The van der Waals surface area contributed by atoms with Crippen LogP contribution in [-0.2, 0) is 19.0 Å². The Bertz CT molecular complexity index is 353. The zero-order valence-electron chi connectivity index (χ0n) is 14.3. The summed E-state index contributed by atoms with van der Waals surface area (Å²) in [5.74, 6) is 0.543. The Morgan fingerprint density at radius 1 is 0.957 bits per heavy atom. The number of ketones is 1. The van der Waals surface area contributed by atoms with Gasteiger partial charge < -0.3 is 24.8 Å². The lowest BCUT2D eigenvalue weighted by atomic mass is 10.0. The van der Waals surface area contributed by atoms with Crippen molar-refractivity contribution in [3.05, 3.63) is 0 Å². The van der Waals surface area contributed by atoms with Crippen LogP contribution in [0.3, 0.4) is 0 Å². The van der Waals surface area contributed by atoms with Crippen LogP contribution in [0.5, 0.6) is 0 Å². The average molecular weight is 332 g/mol. The summed E-state index contributed by atoms with van der Waals surface area (Å²) in [6.07, 6.45) is -0.191. The van der Waals surface area contributed by atoms with E-state index in [4.69, 9.17) is 14.2 Å². The number of ether oxygens (including phenoxy) is 3. The second kappa shape index (κ2) is 12.7. The van der Waals surface area contributed by atoms with Crippen LogP contribution in [0.15, 0.2) is 0 Å². The number of carbonyl (C=O) groups excluding carboxylic acids is 3. The van der Waals surface area contributed by atoms with Crippen LogP contribution in [0.2, 0.25) is 0 Å². The third-order valence-corrected chi connectivity index (χ3v) is 2.80. The fourth-order valence-corrected chi connectivity index (χ4v) is 1.70. The van der Waals surface area contributed by atoms with Crippen molar-refractivity contribution < 1.29 is 28.6 Å². The van der Waals surface area contributed by atoms with Crippen LogP contribution in [0.4, 0.5) is 9.59 Å². The second-order valence-electron chi connectivity index (χ2n) is 5.43. The highest BCUT2D eigenvalue weighted by Gasteiger charge is 2.15. The highest BCUT2D eigenvalue weighted by atomic mass is 16.6. The standard InChI is InChI=1S/C15H28N2O6/c1-11(2)8-12(18)6-5-7-21-13(9-22-14(19)16-3)10-23-15(20)17-4/h11,13H,5-10H2,1-4H3,(H,16,19)(H,17,20). The number of hydrogen-bond donors (Lipinski definition) is 2. The van der Waals surface area contributed by atoms with Crippen LogP contribution in [0, 0.1) is 5.92 Å². The fraction of sp³-hybridized carbons (Fsp3) is 0.800. The Morgan fingerprint density at radius 2 is 1.48 bits per heavy atom. The van der Waals surface area contributed by atoms with E-state index in [9.17, 15) is 14.4 Å². The highest BCUT2D eigenvalue weighted by molar-refractivity contribution is 5.78. The van der Waals surface area contributed by atoms with Gasteiger partial charge in [0.05, 0.1) is 0 Å². The Morgan fingerprint density at radius 3 is 1.91 bits per heavy atom. The minimum absolute atomic E-state index is 0.0450. The molecule has 0 aromatic rings. The predicted molar refractivity (Wildman–Crippen MR) is 84.3 cm³/mol. The molecule has 0 spiro atoms. The van der Waals surface area contributed by atoms with Crippen molar-refractivity contribution in [1.82, 2.24) is 10.6 Å². The van der Waals surface area contributed by atoms with Crippen molar-refractivity contribution in [1.29, 1.82) is 0 Å². The molecule has 134 valence electrons. The molecule has 8 heteroatoms. The Kier molecular flexibility index (Phi) is 11.7. The molecule has 8 nitrogen and oxygen atoms in total. The number of nitrogens with one attached hydrogen (secondary N) is 2. The van der Waals surface area contributed by atoms with Crippen molar-refractivity contribution in [3.63, 3.8) is 0 Å². The van der Waals surface area contributed by atoms with Gasteiger partial charge in [0.1, 0.15) is 25.1 Å². The smallest absolute Gasteiger partial charge is 0.406 e. The fourth-order valence-electron chi connectivity index (χ4n) is 1.70. The molecule has 0 aliphatic carbocycles. The van der Waals surface area contributed by atoms with Gasteiger partial charge in [-0.1, -0.05) is 13.8 Å². The van der Waals surface area contributed by atoms with E-state index in [0.29, 0.717) is 31.8 Å². The van der Waals surface area contributed by atoms with Gasteiger partial charge >= 0.3 is 12.2 Å². The van der Waals surface area contributed by atoms with Crippen molar-refractivity contribution in [2.75, 3.05) is 33.9 Å². The molecule has 0 radical (unpaired) electrons. The predicted octanol–water partition coefficient (Wildman–Crippen LogP) is 1.48. The molecule has 0 rings (SSSR count). The third kappa shape index (κ3) is 12.4. The third-order valence-electron chi connectivity index (χ3n) is 2.80. The van der Waals surface area contributed by atoms with Gasteiger partial charge in [-0.15, -0.1) is 0 Å². The zero-order chi connectivity index (χ0) is 17.7. The van der Waals surface area contributed by atoms with Crippen LogP contribution in [-0.4, -0.2) is 58.0 Å². The summed E-state index contributed by atoms with van der Waals surface area (Å²) in [6, 6.07) is 0. The molecule has 0 aromatic heterocycles. The largest absolute Gasteiger partial charge is 0.447 e. The van der Waals surface area contributed by atoms with Crippen molar-refractivity contribution in [2.24, 2.45) is 5.92 Å². The van der Waals surface area contributed by atoms with E-state index in [1.165, 1.54) is 14.1 Å². The molecule has 0 heterocycles. The van der Waals surface area contributed by atoms with Gasteiger partial charge in [0.15, 0.2) is 0 Å². The zero-order valence-corrected chi connectivity index (χ0v) is 14.3. The first-order valence-electron chi connectivity index (χ1n) is 7.71. The van der Waals surface area contributed by atoms with Gasteiger partial charge in [0, 0.05) is 33.5 Å². The monoisotopic (exact) mass is 332 g/mol. The lowest BCUT2D eigenvalue weighted by Gasteiger charge is -2.17. The maximum Gasteiger partial charge on any atom is 0.406 e. The Balaban J connectivity index is 4.10. The number of amides is 2. The molecule has 0 fully saturated rings. The number of hydrogen-bond acceptors (Lipinski definition) is 6. The van der Waals surface area contributed by atoms with E-state index in [0.717, 1.165) is 0 Å². The summed E-state index contributed by atoms with van der Waals surface area (Å²) in [4.78, 5) is 33.8. The Hall–Kier alpha value is -1.83. The van der Waals surface area contributed by atoms with E-state index in [1.54, 1.807) is 0 Å². The molecule has 0 saturated heterocycles. The van der Waals surface area contributed by atoms with E-state index >= 15 is 0 Å². The summed E-state index contributed by atoms with van der Waals surface area (Å²) in [6.45, 7) is 4.23. The van der Waals surface area contributed by atoms with E-state index in [1.807, 2.05) is 13.8 Å². The normalized spacial score (nSPS) is 10.5. The second-order valence-corrected chi connectivity index (χ2v) is 5.43. The van der Waals surface area contributed by atoms with Crippen LogP contribution in [0.1, 0.15) is 33.1 Å². The molecule has 23 heavy (non-hydrogen) atoms. The van der Waals surface area contributed by atoms with Crippen molar-refractivity contribution >= 4 is 18.0 Å². The number of alkyl carbamates (subject to hydrolysis) is 2. The molecule has 0 atom stereocenters. The summed E-state index contributed by atoms with van der Waals surface area (Å²) >= 11 is 0. The minimum atomic E-state index is -0.592. The summed E-state index contributed by atoms with van der Waals surface area (Å²) in [5.41, 5.74) is 0. The quantitative estimate of drug-likeness (QED) is 0.556. The molecule has 0 unspecified atom stereocenters. The van der Waals surface area contributed by atoms with Gasteiger partial charge in [-0.25, -0.2) is 9.59 Å². The van der Waals surface area contributed by atoms with E-state index in [2.05, 4.69) is 10.6 Å². The first-order chi connectivity index (χ1) is 10.9. The molecule has 2 amide bonds. The molecule has 0 aliphatic heterocycles. The maximum absolute atomic E-state index is 11.6. The lowest BCUT2D eigenvalue weighted by molar-refractivity contribution is -0.120. The van der Waals surface area contributed by atoms with Crippen LogP contribution in [0.25, 0.3) is 0 Å². The molecular formula is C15H28N2O6. The lowest BCUT2D eigenvalue weighted by Crippen LogP contribution is -2.33. The molecule has 0 saturated carbocycles. The number of rotatable bonds is 11. The molecule has 0 aliphatic rings. The maximum atomic E-state index is 11.6. The first kappa shape index (κ1) is 21.2. The van der Waals surface area contributed by atoms with Gasteiger partial charge in [0.25, 0.3) is 0 Å².